The van der Waals surface area contributed by atoms with Crippen LogP contribution in [0.4, 0.5) is 5.69 Å². The molecule has 1 aliphatic carbocycles. The van der Waals surface area contributed by atoms with Crippen LogP contribution in [0.2, 0.25) is 0 Å². The average molecular weight is 326 g/mol. The Labute approximate surface area is 139 Å². The summed E-state index contributed by atoms with van der Waals surface area (Å²) in [4.78, 5) is 21.9. The summed E-state index contributed by atoms with van der Waals surface area (Å²) in [5, 5.41) is 19.5. The first-order valence-corrected chi connectivity index (χ1v) is 7.86. The lowest BCUT2D eigenvalue weighted by atomic mass is 9.80. The van der Waals surface area contributed by atoms with Crippen LogP contribution in [0.1, 0.15) is 33.5 Å². The molecule has 0 spiro atoms. The van der Waals surface area contributed by atoms with E-state index in [0.29, 0.717) is 11.5 Å². The van der Waals surface area contributed by atoms with Gasteiger partial charge in [0, 0.05) is 17.7 Å². The van der Waals surface area contributed by atoms with E-state index in [1.165, 1.54) is 17.7 Å². The van der Waals surface area contributed by atoms with E-state index in [4.69, 9.17) is 5.21 Å². The first kappa shape index (κ1) is 16.1. The molecule has 2 aromatic rings. The van der Waals surface area contributed by atoms with Gasteiger partial charge in [-0.2, -0.15) is 0 Å². The summed E-state index contributed by atoms with van der Waals surface area (Å²) in [5.41, 5.74) is 5.67. The van der Waals surface area contributed by atoms with Crippen molar-refractivity contribution in [1.29, 1.82) is 0 Å². The average Bonchev–Trinajstić information content (AvgIpc) is 2.61. The van der Waals surface area contributed by atoms with Crippen molar-refractivity contribution in [3.8, 4) is 0 Å². The van der Waals surface area contributed by atoms with Crippen molar-refractivity contribution in [3.05, 3.63) is 74.8 Å². The van der Waals surface area contributed by atoms with Gasteiger partial charge in [0.1, 0.15) is 0 Å². The molecule has 1 atom stereocenters. The molecular formula is C18H18N2O4. The Kier molecular flexibility index (Phi) is 4.57. The number of nitro groups is 1. The lowest BCUT2D eigenvalue weighted by Gasteiger charge is -2.25. The molecule has 0 fully saturated rings. The Morgan fingerprint density at radius 2 is 1.96 bits per heavy atom. The first-order chi connectivity index (χ1) is 11.6. The number of hydroxylamine groups is 1. The van der Waals surface area contributed by atoms with Gasteiger partial charge in [0.15, 0.2) is 0 Å². The third kappa shape index (κ3) is 3.44. The minimum absolute atomic E-state index is 0.104. The highest BCUT2D eigenvalue weighted by atomic mass is 16.6. The number of fused-ring (bicyclic) bond motifs is 1. The van der Waals surface area contributed by atoms with Crippen molar-refractivity contribution in [2.75, 3.05) is 0 Å². The molecule has 0 radical (unpaired) electrons. The van der Waals surface area contributed by atoms with E-state index in [1.807, 2.05) is 24.3 Å². The molecule has 6 nitrogen and oxygen atoms in total. The van der Waals surface area contributed by atoms with Crippen LogP contribution in [0, 0.1) is 16.0 Å². The van der Waals surface area contributed by atoms with Gasteiger partial charge in [-0.15, -0.1) is 0 Å². The summed E-state index contributed by atoms with van der Waals surface area (Å²) in [6.45, 7) is 0. The van der Waals surface area contributed by atoms with E-state index < -0.39 is 10.8 Å². The lowest BCUT2D eigenvalue weighted by Crippen LogP contribution is -2.21. The predicted molar refractivity (Wildman–Crippen MR) is 88.0 cm³/mol. The highest BCUT2D eigenvalue weighted by Crippen LogP contribution is 2.29. The van der Waals surface area contributed by atoms with Gasteiger partial charge in [-0.05, 0) is 60.4 Å². The summed E-state index contributed by atoms with van der Waals surface area (Å²) >= 11 is 0. The standard InChI is InChI=1S/C18H18N2O4/c21-18(19-22)15-6-5-14-4-1-13(10-16(14)11-15)9-12-2-7-17(8-3-12)20(23)24/h2-3,5-8,11,13,22H,1,4,9-10H2,(H,19,21). The first-order valence-electron chi connectivity index (χ1n) is 7.86. The van der Waals surface area contributed by atoms with Crippen LogP contribution in [0.5, 0.6) is 0 Å². The zero-order chi connectivity index (χ0) is 17.1. The van der Waals surface area contributed by atoms with Crippen LogP contribution in [-0.2, 0) is 19.3 Å². The maximum Gasteiger partial charge on any atom is 0.274 e. The molecule has 2 aromatic carbocycles. The normalized spacial score (nSPS) is 16.3. The molecule has 0 bridgehead atoms. The molecular weight excluding hydrogens is 308 g/mol. The van der Waals surface area contributed by atoms with Gasteiger partial charge < -0.3 is 0 Å². The topological polar surface area (TPSA) is 92.5 Å². The number of nitrogens with zero attached hydrogens (tertiary/aromatic N) is 1. The molecule has 0 heterocycles. The minimum Gasteiger partial charge on any atom is -0.288 e. The number of nitrogens with one attached hydrogen (secondary N) is 1. The van der Waals surface area contributed by atoms with Gasteiger partial charge in [-0.3, -0.25) is 20.1 Å². The molecule has 1 aliphatic rings. The van der Waals surface area contributed by atoms with Crippen LogP contribution >= 0.6 is 0 Å². The van der Waals surface area contributed by atoms with Crippen molar-refractivity contribution in [1.82, 2.24) is 5.48 Å². The van der Waals surface area contributed by atoms with Crippen molar-refractivity contribution in [3.63, 3.8) is 0 Å². The number of rotatable bonds is 4. The van der Waals surface area contributed by atoms with E-state index >= 15 is 0 Å². The maximum atomic E-state index is 11.5. The Morgan fingerprint density at radius 1 is 1.21 bits per heavy atom. The third-order valence-corrected chi connectivity index (χ3v) is 4.57. The second-order valence-electron chi connectivity index (χ2n) is 6.16. The predicted octanol–water partition coefficient (Wildman–Crippen LogP) is 3.06. The fraction of sp³-hybridized carbons (Fsp3) is 0.278. The number of hydrogen-bond acceptors (Lipinski definition) is 4. The number of carbonyl (C=O) groups excluding carboxylic acids is 1. The summed E-state index contributed by atoms with van der Waals surface area (Å²) in [5.74, 6) is -0.0679. The number of non-ortho nitro benzene ring substituents is 1. The number of amides is 1. The van der Waals surface area contributed by atoms with Gasteiger partial charge >= 0.3 is 0 Å². The van der Waals surface area contributed by atoms with E-state index in [9.17, 15) is 14.9 Å². The fourth-order valence-electron chi connectivity index (χ4n) is 3.30. The van der Waals surface area contributed by atoms with E-state index in [1.54, 1.807) is 11.5 Å². The summed E-state index contributed by atoms with van der Waals surface area (Å²) in [6, 6.07) is 12.2. The van der Waals surface area contributed by atoms with Crippen molar-refractivity contribution < 1.29 is 14.9 Å². The molecule has 1 unspecified atom stereocenters. The Hall–Kier alpha value is -2.73. The number of hydrogen-bond donors (Lipinski definition) is 2. The smallest absolute Gasteiger partial charge is 0.274 e. The van der Waals surface area contributed by atoms with Crippen LogP contribution in [0.3, 0.4) is 0 Å². The second kappa shape index (κ2) is 6.80. The van der Waals surface area contributed by atoms with E-state index in [0.717, 1.165) is 36.8 Å². The van der Waals surface area contributed by atoms with E-state index in [2.05, 4.69) is 0 Å². The third-order valence-electron chi connectivity index (χ3n) is 4.57. The van der Waals surface area contributed by atoms with Crippen molar-refractivity contribution >= 4 is 11.6 Å². The lowest BCUT2D eigenvalue weighted by molar-refractivity contribution is -0.384. The number of nitro benzene ring substituents is 1. The van der Waals surface area contributed by atoms with Crippen LogP contribution in [0.25, 0.3) is 0 Å². The number of aryl methyl sites for hydroxylation is 1. The molecule has 2 N–H and O–H groups in total. The SMILES string of the molecule is O=C(NO)c1ccc2c(c1)CC(Cc1ccc([N+](=O)[O-])cc1)CC2. The van der Waals surface area contributed by atoms with Gasteiger partial charge in [-0.1, -0.05) is 18.2 Å². The Bertz CT molecular complexity index is 771. The molecule has 0 aliphatic heterocycles. The highest BCUT2D eigenvalue weighted by Gasteiger charge is 2.20. The van der Waals surface area contributed by atoms with Crippen molar-refractivity contribution in [2.24, 2.45) is 5.92 Å². The number of benzene rings is 2. The van der Waals surface area contributed by atoms with Crippen LogP contribution in [-0.4, -0.2) is 16.0 Å². The molecule has 1 amide bonds. The molecule has 3 rings (SSSR count). The van der Waals surface area contributed by atoms with Gasteiger partial charge in [0.2, 0.25) is 0 Å². The van der Waals surface area contributed by atoms with Gasteiger partial charge in [-0.25, -0.2) is 5.48 Å². The molecule has 24 heavy (non-hydrogen) atoms. The van der Waals surface area contributed by atoms with Crippen LogP contribution < -0.4 is 5.48 Å². The fourth-order valence-corrected chi connectivity index (χ4v) is 3.30. The zero-order valence-corrected chi connectivity index (χ0v) is 13.1. The quantitative estimate of drug-likeness (QED) is 0.513. The zero-order valence-electron chi connectivity index (χ0n) is 13.1. The second-order valence-corrected chi connectivity index (χ2v) is 6.16. The monoisotopic (exact) mass is 326 g/mol. The minimum atomic E-state index is -0.504. The molecule has 0 saturated carbocycles. The Balaban J connectivity index is 1.72. The van der Waals surface area contributed by atoms with Gasteiger partial charge in [0.25, 0.3) is 11.6 Å². The summed E-state index contributed by atoms with van der Waals surface area (Å²) in [7, 11) is 0. The maximum absolute atomic E-state index is 11.5. The molecule has 0 aromatic heterocycles. The van der Waals surface area contributed by atoms with E-state index in [-0.39, 0.29) is 5.69 Å². The molecule has 0 saturated heterocycles. The largest absolute Gasteiger partial charge is 0.288 e. The highest BCUT2D eigenvalue weighted by molar-refractivity contribution is 5.93. The summed E-state index contributed by atoms with van der Waals surface area (Å²) in [6.07, 6.45) is 3.72. The van der Waals surface area contributed by atoms with Crippen molar-refractivity contribution in [2.45, 2.75) is 25.7 Å². The molecule has 6 heteroatoms. The van der Waals surface area contributed by atoms with Crippen LogP contribution in [0.15, 0.2) is 42.5 Å². The molecule has 124 valence electrons. The Morgan fingerprint density at radius 3 is 2.62 bits per heavy atom. The summed E-state index contributed by atoms with van der Waals surface area (Å²) < 4.78 is 0. The number of carbonyl (C=O) groups is 1. The van der Waals surface area contributed by atoms with Gasteiger partial charge in [0.05, 0.1) is 4.92 Å².